The summed E-state index contributed by atoms with van der Waals surface area (Å²) < 4.78 is 32.1. The Labute approximate surface area is 233 Å². The molecule has 3 amide bonds. The average Bonchev–Trinajstić information content (AvgIpc) is 2.97. The molecule has 0 spiro atoms. The molecule has 4 aromatic carbocycles. The van der Waals surface area contributed by atoms with Gasteiger partial charge in [-0.25, -0.2) is 14.2 Å². The number of para-hydroxylation sites is 2. The number of rotatable bonds is 10. The molecule has 0 fully saturated rings. The molecule has 0 aliphatic heterocycles. The third-order valence-corrected chi connectivity index (χ3v) is 7.61. The Hall–Kier alpha value is -4.75. The maximum Gasteiger partial charge on any atom is 0.457 e. The first-order valence-corrected chi connectivity index (χ1v) is 14.1. The fourth-order valence-corrected chi connectivity index (χ4v) is 5.47. The third kappa shape index (κ3) is 7.88. The second-order valence-electron chi connectivity index (χ2n) is 8.90. The summed E-state index contributed by atoms with van der Waals surface area (Å²) in [6, 6.07) is 32.5. The number of carbonyl (C=O) groups excluding carboxylic acids is 2. The van der Waals surface area contributed by atoms with Crippen molar-refractivity contribution < 1.29 is 27.9 Å². The normalized spacial score (nSPS) is 11.6. The highest BCUT2D eigenvalue weighted by Gasteiger charge is 2.42. The smallest absolute Gasteiger partial charge is 0.445 e. The van der Waals surface area contributed by atoms with Crippen LogP contribution in [0.5, 0.6) is 11.5 Å². The molecule has 10 heteroatoms. The molecule has 0 bridgehead atoms. The number of nitrogens with one attached hydrogen (secondary N) is 2. The Morgan fingerprint density at radius 3 is 1.75 bits per heavy atom. The van der Waals surface area contributed by atoms with Crippen LogP contribution in [-0.4, -0.2) is 31.1 Å². The molecule has 2 N–H and O–H groups in total. The van der Waals surface area contributed by atoms with Crippen molar-refractivity contribution in [1.29, 1.82) is 0 Å². The Kier molecular flexibility index (Phi) is 9.44. The molecular weight excluding hydrogens is 529 g/mol. The molecule has 206 valence electrons. The number of anilines is 1. The van der Waals surface area contributed by atoms with Crippen molar-refractivity contribution in [3.8, 4) is 11.5 Å². The molecule has 0 radical (unpaired) electrons. The fraction of sp³-hybridized carbons (Fsp3) is 0.133. The van der Waals surface area contributed by atoms with E-state index in [1.807, 2.05) is 30.3 Å². The number of carbonyl (C=O) groups is 2. The highest BCUT2D eigenvalue weighted by atomic mass is 31.2. The van der Waals surface area contributed by atoms with E-state index in [-0.39, 0.29) is 12.6 Å². The van der Waals surface area contributed by atoms with Crippen molar-refractivity contribution in [1.82, 2.24) is 10.2 Å². The first-order valence-electron chi connectivity index (χ1n) is 12.5. The molecule has 9 nitrogen and oxygen atoms in total. The van der Waals surface area contributed by atoms with Crippen molar-refractivity contribution in [3.63, 3.8) is 0 Å². The summed E-state index contributed by atoms with van der Waals surface area (Å²) in [5, 5.41) is 5.44. The first kappa shape index (κ1) is 28.3. The molecule has 0 saturated carbocycles. The van der Waals surface area contributed by atoms with Crippen molar-refractivity contribution >= 4 is 25.4 Å². The number of ether oxygens (including phenoxy) is 1. The zero-order valence-electron chi connectivity index (χ0n) is 22.1. The highest BCUT2D eigenvalue weighted by molar-refractivity contribution is 7.55. The van der Waals surface area contributed by atoms with Gasteiger partial charge in [0.25, 0.3) is 0 Å². The maximum atomic E-state index is 14.6. The van der Waals surface area contributed by atoms with E-state index < -0.39 is 19.5 Å². The van der Waals surface area contributed by atoms with Gasteiger partial charge < -0.3 is 29.3 Å². The molecule has 4 rings (SSSR count). The summed E-state index contributed by atoms with van der Waals surface area (Å²) >= 11 is 0. The van der Waals surface area contributed by atoms with Gasteiger partial charge in [0.1, 0.15) is 18.1 Å². The van der Waals surface area contributed by atoms with Gasteiger partial charge in [-0.2, -0.15) is 0 Å². The van der Waals surface area contributed by atoms with E-state index in [9.17, 15) is 14.2 Å². The number of hydrogen-bond acceptors (Lipinski definition) is 6. The molecule has 1 atom stereocenters. The Balaban J connectivity index is 1.67. The summed E-state index contributed by atoms with van der Waals surface area (Å²) in [6.07, 6.45) is -0.813. The van der Waals surface area contributed by atoms with Crippen LogP contribution in [0.1, 0.15) is 16.9 Å². The summed E-state index contributed by atoms with van der Waals surface area (Å²) in [7, 11) is -0.955. The van der Waals surface area contributed by atoms with E-state index in [2.05, 4.69) is 10.6 Å². The van der Waals surface area contributed by atoms with Crippen LogP contribution in [0.3, 0.4) is 0 Å². The topological polar surface area (TPSA) is 106 Å². The van der Waals surface area contributed by atoms with Gasteiger partial charge in [-0.05, 0) is 47.5 Å². The van der Waals surface area contributed by atoms with E-state index in [0.717, 1.165) is 5.56 Å². The number of nitrogens with zero attached hydrogens (tertiary/aromatic N) is 1. The number of amides is 3. The van der Waals surface area contributed by atoms with Crippen LogP contribution in [0.4, 0.5) is 15.3 Å². The Bertz CT molecular complexity index is 1390. The van der Waals surface area contributed by atoms with E-state index in [1.54, 1.807) is 99.0 Å². The fourth-order valence-electron chi connectivity index (χ4n) is 3.59. The SMILES string of the molecule is CN(C)C(=O)Nc1ccc(C(NC(=O)OCc2ccccc2)P(=O)(Oc2ccccc2)Oc2ccccc2)cc1. The molecule has 0 heterocycles. The second kappa shape index (κ2) is 13.4. The molecule has 0 aliphatic rings. The predicted octanol–water partition coefficient (Wildman–Crippen LogP) is 7.06. The standard InChI is InChI=1S/C30H30N3O6P/c1-33(2)29(34)31-25-20-18-24(19-21-25)28(32-30(35)37-22-23-12-6-3-7-13-23)40(36,38-26-14-8-4-9-15-26)39-27-16-10-5-11-17-27/h3-21,28H,22H2,1-2H3,(H,31,34)(H,32,35). The Morgan fingerprint density at radius 2 is 1.25 bits per heavy atom. The van der Waals surface area contributed by atoms with Gasteiger partial charge >= 0.3 is 19.7 Å². The minimum Gasteiger partial charge on any atom is -0.445 e. The minimum atomic E-state index is -4.21. The minimum absolute atomic E-state index is 0.0122. The van der Waals surface area contributed by atoms with Crippen molar-refractivity contribution in [2.24, 2.45) is 0 Å². The van der Waals surface area contributed by atoms with Gasteiger partial charge in [0.15, 0.2) is 5.78 Å². The third-order valence-electron chi connectivity index (χ3n) is 5.62. The molecule has 0 aromatic heterocycles. The van der Waals surface area contributed by atoms with Gasteiger partial charge in [0.05, 0.1) is 0 Å². The van der Waals surface area contributed by atoms with E-state index >= 15 is 0 Å². The summed E-state index contributed by atoms with van der Waals surface area (Å²) in [4.78, 5) is 26.5. The quantitative estimate of drug-likeness (QED) is 0.202. The lowest BCUT2D eigenvalue weighted by atomic mass is 10.2. The number of alkyl carbamates (subject to hydrolysis) is 1. The van der Waals surface area contributed by atoms with Crippen molar-refractivity contribution in [2.75, 3.05) is 19.4 Å². The maximum absolute atomic E-state index is 14.6. The number of hydrogen-bond donors (Lipinski definition) is 2. The van der Waals surface area contributed by atoms with Gasteiger partial charge in [-0.3, -0.25) is 0 Å². The highest BCUT2D eigenvalue weighted by Crippen LogP contribution is 2.59. The average molecular weight is 560 g/mol. The van der Waals surface area contributed by atoms with Crippen LogP contribution >= 0.6 is 7.60 Å². The van der Waals surface area contributed by atoms with Crippen LogP contribution in [-0.2, 0) is 15.9 Å². The lowest BCUT2D eigenvalue weighted by molar-refractivity contribution is 0.137. The summed E-state index contributed by atoms with van der Waals surface area (Å²) in [5.74, 6) is -0.683. The Morgan fingerprint density at radius 1 is 0.750 bits per heavy atom. The second-order valence-corrected chi connectivity index (χ2v) is 10.9. The van der Waals surface area contributed by atoms with Gasteiger partial charge in [-0.1, -0.05) is 78.9 Å². The van der Waals surface area contributed by atoms with Crippen LogP contribution < -0.4 is 19.7 Å². The zero-order valence-corrected chi connectivity index (χ0v) is 23.0. The molecule has 40 heavy (non-hydrogen) atoms. The van der Waals surface area contributed by atoms with Crippen LogP contribution in [0, 0.1) is 0 Å². The van der Waals surface area contributed by atoms with E-state index in [0.29, 0.717) is 22.7 Å². The molecule has 0 saturated heterocycles. The molecule has 0 aliphatic carbocycles. The van der Waals surface area contributed by atoms with Crippen molar-refractivity contribution in [3.05, 3.63) is 126 Å². The largest absolute Gasteiger partial charge is 0.457 e. The van der Waals surface area contributed by atoms with Crippen LogP contribution in [0.15, 0.2) is 115 Å². The monoisotopic (exact) mass is 559 g/mol. The summed E-state index contributed by atoms with van der Waals surface area (Å²) in [5.41, 5.74) is 1.71. The lowest BCUT2D eigenvalue weighted by Crippen LogP contribution is -2.31. The van der Waals surface area contributed by atoms with E-state index in [1.165, 1.54) is 4.90 Å². The first-order chi connectivity index (χ1) is 19.3. The molecule has 1 unspecified atom stereocenters. The molecular formula is C30H30N3O6P. The van der Waals surface area contributed by atoms with Gasteiger partial charge in [0, 0.05) is 19.8 Å². The predicted molar refractivity (Wildman–Crippen MR) is 153 cm³/mol. The van der Waals surface area contributed by atoms with Gasteiger partial charge in [0.2, 0.25) is 0 Å². The van der Waals surface area contributed by atoms with Gasteiger partial charge in [-0.15, -0.1) is 0 Å². The number of benzene rings is 4. The van der Waals surface area contributed by atoms with Crippen molar-refractivity contribution in [2.45, 2.75) is 12.4 Å². The zero-order chi connectivity index (χ0) is 28.4. The van der Waals surface area contributed by atoms with E-state index in [4.69, 9.17) is 13.8 Å². The van der Waals surface area contributed by atoms with Crippen LogP contribution in [0.25, 0.3) is 0 Å². The summed E-state index contributed by atoms with van der Waals surface area (Å²) in [6.45, 7) is 0.0122. The lowest BCUT2D eigenvalue weighted by Gasteiger charge is -2.28. The number of urea groups is 1. The molecule has 4 aromatic rings. The van der Waals surface area contributed by atoms with Crippen LogP contribution in [0.2, 0.25) is 0 Å².